The van der Waals surface area contributed by atoms with Gasteiger partial charge in [-0.2, -0.15) is 4.37 Å². The second-order valence-electron chi connectivity index (χ2n) is 5.77. The highest BCUT2D eigenvalue weighted by molar-refractivity contribution is 6.99. The van der Waals surface area contributed by atoms with E-state index in [4.69, 9.17) is 9.47 Å². The number of ether oxygens (including phenoxy) is 2. The molecule has 1 fully saturated rings. The zero-order valence-electron chi connectivity index (χ0n) is 14.3. The second-order valence-corrected chi connectivity index (χ2v) is 6.30. The van der Waals surface area contributed by atoms with Gasteiger partial charge in [-0.15, -0.1) is 4.37 Å². The van der Waals surface area contributed by atoms with Crippen LogP contribution in [-0.2, 0) is 0 Å². The summed E-state index contributed by atoms with van der Waals surface area (Å²) in [5.74, 6) is 2.47. The van der Waals surface area contributed by atoms with Crippen molar-refractivity contribution in [2.75, 3.05) is 49.7 Å². The normalized spacial score (nSPS) is 14.8. The van der Waals surface area contributed by atoms with Gasteiger partial charge in [0.1, 0.15) is 5.75 Å². The summed E-state index contributed by atoms with van der Waals surface area (Å²) in [6.45, 7) is 6.61. The molecule has 1 aliphatic rings. The highest BCUT2D eigenvalue weighted by Gasteiger charge is 2.23. The number of methoxy groups -OCH3 is 1. The van der Waals surface area contributed by atoms with Crippen LogP contribution >= 0.6 is 11.7 Å². The fourth-order valence-corrected chi connectivity index (χ4v) is 3.26. The SMILES string of the molecule is CCCCOc1nsnc1N1CCN(c2ccc(OC)cc2)CC1. The van der Waals surface area contributed by atoms with Crippen molar-refractivity contribution in [3.8, 4) is 11.6 Å². The summed E-state index contributed by atoms with van der Waals surface area (Å²) >= 11 is 1.23. The maximum Gasteiger partial charge on any atom is 0.270 e. The lowest BCUT2D eigenvalue weighted by Crippen LogP contribution is -2.46. The minimum atomic E-state index is 0.686. The van der Waals surface area contributed by atoms with E-state index in [2.05, 4.69) is 37.6 Å². The van der Waals surface area contributed by atoms with Crippen LogP contribution in [0.4, 0.5) is 11.5 Å². The van der Waals surface area contributed by atoms with Crippen LogP contribution in [0, 0.1) is 0 Å². The van der Waals surface area contributed by atoms with Gasteiger partial charge in [0.25, 0.3) is 5.88 Å². The molecule has 0 radical (unpaired) electrons. The van der Waals surface area contributed by atoms with Crippen molar-refractivity contribution in [2.24, 2.45) is 0 Å². The summed E-state index contributed by atoms with van der Waals surface area (Å²) in [6.07, 6.45) is 2.16. The van der Waals surface area contributed by atoms with Crippen LogP contribution in [0.3, 0.4) is 0 Å². The first-order valence-corrected chi connectivity index (χ1v) is 9.14. The lowest BCUT2D eigenvalue weighted by atomic mass is 10.2. The molecule has 1 saturated heterocycles. The van der Waals surface area contributed by atoms with E-state index in [1.54, 1.807) is 7.11 Å². The number of hydrogen-bond donors (Lipinski definition) is 0. The van der Waals surface area contributed by atoms with Crippen molar-refractivity contribution in [2.45, 2.75) is 19.8 Å². The van der Waals surface area contributed by atoms with Crippen molar-refractivity contribution in [1.82, 2.24) is 8.75 Å². The number of nitrogens with zero attached hydrogens (tertiary/aromatic N) is 4. The molecule has 7 heteroatoms. The van der Waals surface area contributed by atoms with Gasteiger partial charge in [-0.25, -0.2) is 0 Å². The zero-order chi connectivity index (χ0) is 16.8. The van der Waals surface area contributed by atoms with E-state index < -0.39 is 0 Å². The van der Waals surface area contributed by atoms with Gasteiger partial charge in [0.05, 0.1) is 25.4 Å². The van der Waals surface area contributed by atoms with Crippen LogP contribution in [0.1, 0.15) is 19.8 Å². The summed E-state index contributed by atoms with van der Waals surface area (Å²) < 4.78 is 19.7. The van der Waals surface area contributed by atoms with Crippen LogP contribution in [-0.4, -0.2) is 48.6 Å². The molecule has 0 unspecified atom stereocenters. The summed E-state index contributed by atoms with van der Waals surface area (Å²) in [4.78, 5) is 4.65. The number of piperazine rings is 1. The monoisotopic (exact) mass is 348 g/mol. The van der Waals surface area contributed by atoms with Gasteiger partial charge in [-0.05, 0) is 30.7 Å². The molecule has 0 atom stereocenters. The average Bonchev–Trinajstić information content (AvgIpc) is 3.11. The lowest BCUT2D eigenvalue weighted by Gasteiger charge is -2.36. The molecule has 1 aromatic carbocycles. The Balaban J connectivity index is 1.57. The molecule has 6 nitrogen and oxygen atoms in total. The van der Waals surface area contributed by atoms with Crippen molar-refractivity contribution in [1.29, 1.82) is 0 Å². The van der Waals surface area contributed by atoms with E-state index in [0.29, 0.717) is 12.5 Å². The topological polar surface area (TPSA) is 50.7 Å². The van der Waals surface area contributed by atoms with Gasteiger partial charge < -0.3 is 19.3 Å². The van der Waals surface area contributed by atoms with Crippen molar-refractivity contribution >= 4 is 23.2 Å². The summed E-state index contributed by atoms with van der Waals surface area (Å²) in [5, 5.41) is 0. The van der Waals surface area contributed by atoms with E-state index in [0.717, 1.165) is 50.6 Å². The van der Waals surface area contributed by atoms with Gasteiger partial charge in [0.15, 0.2) is 0 Å². The number of unbranched alkanes of at least 4 members (excludes halogenated alkanes) is 1. The molecule has 2 aromatic rings. The lowest BCUT2D eigenvalue weighted by molar-refractivity contribution is 0.300. The van der Waals surface area contributed by atoms with Crippen molar-refractivity contribution in [3.05, 3.63) is 24.3 Å². The van der Waals surface area contributed by atoms with Gasteiger partial charge >= 0.3 is 0 Å². The molecule has 2 heterocycles. The third kappa shape index (κ3) is 3.90. The molecule has 0 aliphatic carbocycles. The number of benzene rings is 1. The number of anilines is 2. The summed E-state index contributed by atoms with van der Waals surface area (Å²) in [6, 6.07) is 8.23. The molecule has 0 spiro atoms. The molecule has 0 amide bonds. The third-order valence-electron chi connectivity index (χ3n) is 4.20. The fraction of sp³-hybridized carbons (Fsp3) is 0.529. The Kier molecular flexibility index (Phi) is 5.74. The molecule has 0 saturated carbocycles. The van der Waals surface area contributed by atoms with Gasteiger partial charge in [-0.3, -0.25) is 0 Å². The summed E-state index contributed by atoms with van der Waals surface area (Å²) in [5.41, 5.74) is 1.23. The predicted octanol–water partition coefficient (Wildman–Crippen LogP) is 3.05. The highest BCUT2D eigenvalue weighted by atomic mass is 32.1. The minimum absolute atomic E-state index is 0.686. The molecule has 1 aromatic heterocycles. The van der Waals surface area contributed by atoms with Crippen molar-refractivity contribution in [3.63, 3.8) is 0 Å². The van der Waals surface area contributed by atoms with E-state index in [-0.39, 0.29) is 0 Å². The van der Waals surface area contributed by atoms with E-state index in [9.17, 15) is 0 Å². The largest absolute Gasteiger partial charge is 0.497 e. The maximum atomic E-state index is 5.78. The Morgan fingerprint density at radius 2 is 1.75 bits per heavy atom. The first kappa shape index (κ1) is 16.8. The smallest absolute Gasteiger partial charge is 0.270 e. The van der Waals surface area contributed by atoms with Gasteiger partial charge in [0.2, 0.25) is 5.82 Å². The minimum Gasteiger partial charge on any atom is -0.497 e. The van der Waals surface area contributed by atoms with Gasteiger partial charge in [-0.1, -0.05) is 13.3 Å². The Hall–Kier alpha value is -2.02. The van der Waals surface area contributed by atoms with Crippen molar-refractivity contribution < 1.29 is 9.47 Å². The first-order chi connectivity index (χ1) is 11.8. The molecule has 130 valence electrons. The Bertz CT molecular complexity index is 624. The second kappa shape index (κ2) is 8.19. The first-order valence-electron chi connectivity index (χ1n) is 8.41. The Morgan fingerprint density at radius 1 is 1.04 bits per heavy atom. The van der Waals surface area contributed by atoms with Crippen LogP contribution in [0.25, 0.3) is 0 Å². The fourth-order valence-electron chi connectivity index (χ4n) is 2.74. The average molecular weight is 348 g/mol. The number of hydrogen-bond acceptors (Lipinski definition) is 7. The molecule has 0 bridgehead atoms. The van der Waals surface area contributed by atoms with Gasteiger partial charge in [0, 0.05) is 31.9 Å². The van der Waals surface area contributed by atoms with Crippen LogP contribution in [0.5, 0.6) is 11.6 Å². The highest BCUT2D eigenvalue weighted by Crippen LogP contribution is 2.28. The predicted molar refractivity (Wildman–Crippen MR) is 97.7 cm³/mol. The van der Waals surface area contributed by atoms with Crippen LogP contribution in [0.15, 0.2) is 24.3 Å². The molecular formula is C17H24N4O2S. The van der Waals surface area contributed by atoms with E-state index in [1.807, 2.05) is 12.1 Å². The zero-order valence-corrected chi connectivity index (χ0v) is 15.1. The number of rotatable bonds is 7. The quantitative estimate of drug-likeness (QED) is 0.717. The van der Waals surface area contributed by atoms with Crippen LogP contribution in [0.2, 0.25) is 0 Å². The maximum absolute atomic E-state index is 5.78. The Labute approximate surface area is 147 Å². The third-order valence-corrected chi connectivity index (χ3v) is 4.70. The molecule has 3 rings (SSSR count). The molecule has 24 heavy (non-hydrogen) atoms. The van der Waals surface area contributed by atoms with E-state index in [1.165, 1.54) is 17.4 Å². The van der Waals surface area contributed by atoms with E-state index >= 15 is 0 Å². The molecule has 1 aliphatic heterocycles. The molecule has 0 N–H and O–H groups in total. The standard InChI is InChI=1S/C17H24N4O2S/c1-3-4-13-23-17-16(18-24-19-17)21-11-9-20(10-12-21)14-5-7-15(22-2)8-6-14/h5-8H,3-4,9-13H2,1-2H3. The summed E-state index contributed by atoms with van der Waals surface area (Å²) in [7, 11) is 1.69. The number of aromatic nitrogens is 2. The van der Waals surface area contributed by atoms with Crippen LogP contribution < -0.4 is 19.3 Å². The Morgan fingerprint density at radius 3 is 2.42 bits per heavy atom. The molecular weight excluding hydrogens is 324 g/mol.